The Morgan fingerprint density at radius 1 is 0.446 bits per heavy atom. The van der Waals surface area contributed by atoms with Crippen LogP contribution in [0.15, 0.2) is 205 Å². The Labute approximate surface area is 373 Å². The molecule has 6 nitrogen and oxygen atoms in total. The molecule has 65 heavy (non-hydrogen) atoms. The maximum absolute atomic E-state index is 11.4. The molecule has 0 aliphatic heterocycles. The van der Waals surface area contributed by atoms with Crippen molar-refractivity contribution in [2.24, 2.45) is 0 Å². The molecule has 3 aromatic heterocycles. The highest BCUT2D eigenvalue weighted by molar-refractivity contribution is 6.19. The number of para-hydroxylation sites is 2. The first-order valence-corrected chi connectivity index (χ1v) is 21.8. The summed E-state index contributed by atoms with van der Waals surface area (Å²) in [6.45, 7) is 0. The average Bonchev–Trinajstić information content (AvgIpc) is 4.10. The molecule has 0 atom stereocenters. The van der Waals surface area contributed by atoms with Crippen molar-refractivity contribution in [2.45, 2.75) is 5.41 Å². The molecule has 0 amide bonds. The van der Waals surface area contributed by atoms with Crippen LogP contribution in [0.25, 0.3) is 106 Å². The Bertz CT molecular complexity index is 3900. The minimum Gasteiger partial charge on any atom is -0.454 e. The Morgan fingerprint density at radius 3 is 1.60 bits per heavy atom. The molecule has 12 aromatic rings. The highest BCUT2D eigenvalue weighted by atomic mass is 16.3. The van der Waals surface area contributed by atoms with Crippen LogP contribution in [0.4, 0.5) is 0 Å². The summed E-state index contributed by atoms with van der Waals surface area (Å²) >= 11 is 0. The van der Waals surface area contributed by atoms with Crippen LogP contribution in [-0.2, 0) is 5.41 Å². The van der Waals surface area contributed by atoms with E-state index in [1.54, 1.807) is 0 Å². The van der Waals surface area contributed by atoms with Crippen LogP contribution in [0.5, 0.6) is 0 Å². The smallest absolute Gasteiger partial charge is 0.164 e. The topological polar surface area (TPSA) is 80.5 Å². The predicted octanol–water partition coefficient (Wildman–Crippen LogP) is 14.1. The van der Waals surface area contributed by atoms with Gasteiger partial charge in [-0.2, -0.15) is 5.26 Å². The quantitative estimate of drug-likeness (QED) is 0.176. The number of aromatic nitrogens is 4. The molecule has 0 N–H and O–H groups in total. The molecule has 6 heteroatoms. The van der Waals surface area contributed by atoms with Gasteiger partial charge in [-0.15, -0.1) is 0 Å². The van der Waals surface area contributed by atoms with Crippen molar-refractivity contribution in [3.63, 3.8) is 0 Å². The van der Waals surface area contributed by atoms with Crippen LogP contribution in [0, 0.1) is 11.3 Å². The first-order chi connectivity index (χ1) is 32.2. The summed E-state index contributed by atoms with van der Waals surface area (Å²) in [5, 5.41) is 15.4. The minimum atomic E-state index is -0.574. The van der Waals surface area contributed by atoms with E-state index in [0.29, 0.717) is 45.5 Å². The van der Waals surface area contributed by atoms with Crippen LogP contribution in [0.2, 0.25) is 0 Å². The maximum atomic E-state index is 11.4. The number of rotatable bonds is 4. The molecule has 14 rings (SSSR count). The molecule has 0 saturated carbocycles. The van der Waals surface area contributed by atoms with E-state index < -0.39 is 5.41 Å². The largest absolute Gasteiger partial charge is 0.454 e. The monoisotopic (exact) mass is 827 g/mol. The van der Waals surface area contributed by atoms with Gasteiger partial charge in [-0.05, 0) is 68.8 Å². The van der Waals surface area contributed by atoms with Crippen molar-refractivity contribution in [1.29, 1.82) is 5.26 Å². The van der Waals surface area contributed by atoms with E-state index in [4.69, 9.17) is 19.4 Å². The van der Waals surface area contributed by atoms with Crippen molar-refractivity contribution in [3.05, 3.63) is 228 Å². The van der Waals surface area contributed by atoms with Crippen molar-refractivity contribution in [2.75, 3.05) is 0 Å². The summed E-state index contributed by atoms with van der Waals surface area (Å²) in [6.07, 6.45) is 0. The van der Waals surface area contributed by atoms with Crippen molar-refractivity contribution >= 4 is 43.7 Å². The second-order valence-corrected chi connectivity index (χ2v) is 16.9. The number of benzene rings is 9. The minimum absolute atomic E-state index is 0.437. The molecule has 3 heterocycles. The molecular formula is C59H33N5O. The normalized spacial score (nSPS) is 13.0. The van der Waals surface area contributed by atoms with Gasteiger partial charge in [-0.1, -0.05) is 176 Å². The van der Waals surface area contributed by atoms with Crippen molar-refractivity contribution in [1.82, 2.24) is 19.5 Å². The fourth-order valence-electron chi connectivity index (χ4n) is 11.2. The zero-order valence-corrected chi connectivity index (χ0v) is 34.7. The number of hydrogen-bond donors (Lipinski definition) is 0. The lowest BCUT2D eigenvalue weighted by Gasteiger charge is -2.31. The molecule has 0 bridgehead atoms. The van der Waals surface area contributed by atoms with Gasteiger partial charge in [0.15, 0.2) is 23.1 Å². The Kier molecular flexibility index (Phi) is 7.29. The van der Waals surface area contributed by atoms with Gasteiger partial charge in [0.25, 0.3) is 0 Å². The van der Waals surface area contributed by atoms with Gasteiger partial charge in [0, 0.05) is 38.2 Å². The Balaban J connectivity index is 1.11. The van der Waals surface area contributed by atoms with Gasteiger partial charge >= 0.3 is 0 Å². The average molecular weight is 828 g/mol. The van der Waals surface area contributed by atoms with E-state index in [-0.39, 0.29) is 0 Å². The van der Waals surface area contributed by atoms with Gasteiger partial charge in [0.1, 0.15) is 17.3 Å². The molecule has 300 valence electrons. The molecule has 0 unspecified atom stereocenters. The lowest BCUT2D eigenvalue weighted by atomic mass is 9.69. The van der Waals surface area contributed by atoms with Crippen LogP contribution in [-0.4, -0.2) is 19.5 Å². The molecule has 2 aliphatic rings. The molecule has 0 saturated heterocycles. The third-order valence-electron chi connectivity index (χ3n) is 13.7. The summed E-state index contributed by atoms with van der Waals surface area (Å²) in [7, 11) is 0. The summed E-state index contributed by atoms with van der Waals surface area (Å²) in [5.41, 5.74) is 16.3. The van der Waals surface area contributed by atoms with Crippen LogP contribution in [0.3, 0.4) is 0 Å². The van der Waals surface area contributed by atoms with Crippen LogP contribution >= 0.6 is 0 Å². The summed E-state index contributed by atoms with van der Waals surface area (Å²) in [4.78, 5) is 15.3. The fourth-order valence-corrected chi connectivity index (χ4v) is 11.2. The lowest BCUT2D eigenvalue weighted by Crippen LogP contribution is -2.26. The number of furan rings is 1. The van der Waals surface area contributed by atoms with E-state index in [2.05, 4.69) is 126 Å². The molecule has 1 spiro atoms. The molecular weight excluding hydrogens is 795 g/mol. The van der Waals surface area contributed by atoms with Gasteiger partial charge in [-0.3, -0.25) is 0 Å². The number of nitriles is 1. The SMILES string of the molecule is N#Cc1cc(-c2nc(-c3ccccc3)nc(-c3ccccc3)n2)c2c(oc3ccccc32)c1-n1c2ccccc2c2c3c(ccc21)-c1ccccc1C31c2ccccc2-c2ccccc21. The first kappa shape index (κ1) is 35.7. The van der Waals surface area contributed by atoms with Gasteiger partial charge in [0.2, 0.25) is 0 Å². The van der Waals surface area contributed by atoms with Crippen molar-refractivity contribution < 1.29 is 4.42 Å². The van der Waals surface area contributed by atoms with Crippen LogP contribution < -0.4 is 0 Å². The predicted molar refractivity (Wildman–Crippen MR) is 259 cm³/mol. The Hall–Kier alpha value is -8.92. The number of fused-ring (bicyclic) bond motifs is 17. The highest BCUT2D eigenvalue weighted by Gasteiger charge is 2.52. The van der Waals surface area contributed by atoms with E-state index in [1.807, 2.05) is 84.9 Å². The summed E-state index contributed by atoms with van der Waals surface area (Å²) in [6, 6.07) is 72.5. The summed E-state index contributed by atoms with van der Waals surface area (Å²) < 4.78 is 9.29. The van der Waals surface area contributed by atoms with E-state index in [9.17, 15) is 5.26 Å². The molecule has 0 fully saturated rings. The van der Waals surface area contributed by atoms with E-state index in [1.165, 1.54) is 44.5 Å². The molecule has 9 aromatic carbocycles. The third-order valence-corrected chi connectivity index (χ3v) is 13.7. The van der Waals surface area contributed by atoms with Crippen LogP contribution in [0.1, 0.15) is 27.8 Å². The van der Waals surface area contributed by atoms with E-state index >= 15 is 0 Å². The van der Waals surface area contributed by atoms with Gasteiger partial charge < -0.3 is 8.98 Å². The zero-order chi connectivity index (χ0) is 42.8. The summed E-state index contributed by atoms with van der Waals surface area (Å²) in [5.74, 6) is 1.54. The molecule has 0 radical (unpaired) electrons. The Morgan fingerprint density at radius 2 is 0.969 bits per heavy atom. The van der Waals surface area contributed by atoms with Crippen molar-refractivity contribution in [3.8, 4) is 68.2 Å². The second kappa shape index (κ2) is 13.3. The highest BCUT2D eigenvalue weighted by Crippen LogP contribution is 2.65. The van der Waals surface area contributed by atoms with E-state index in [0.717, 1.165) is 43.7 Å². The van der Waals surface area contributed by atoms with Gasteiger partial charge in [0.05, 0.1) is 22.0 Å². The third kappa shape index (κ3) is 4.73. The first-order valence-electron chi connectivity index (χ1n) is 21.8. The number of nitrogens with zero attached hydrogens (tertiary/aromatic N) is 5. The molecule has 2 aliphatic carbocycles. The maximum Gasteiger partial charge on any atom is 0.164 e. The standard InChI is InChI=1S/C59H33N5O/c60-34-37-33-44(58-62-56(35-17-3-1-4-18-35)61-57(63-58)36-19-5-2-6-20-36)51-43-25-11-16-30-50(43)65-55(51)54(37)64-48-29-15-10-24-42(48)52-49(64)32-31-41-40-23-9-14-28-47(40)59(53(41)52)45-26-12-7-21-38(45)39-22-8-13-27-46(39)59/h1-33H. The number of hydrogen-bond acceptors (Lipinski definition) is 5. The van der Waals surface area contributed by atoms with Gasteiger partial charge in [-0.25, -0.2) is 15.0 Å². The second-order valence-electron chi connectivity index (χ2n) is 16.9. The lowest BCUT2D eigenvalue weighted by molar-refractivity contribution is 0.666. The fraction of sp³-hybridized carbons (Fsp3) is 0.0169. The zero-order valence-electron chi connectivity index (χ0n) is 34.7.